The fourth-order valence-electron chi connectivity index (χ4n) is 2.06. The van der Waals surface area contributed by atoms with Gasteiger partial charge in [0.25, 0.3) is 0 Å². The van der Waals surface area contributed by atoms with E-state index in [-0.39, 0.29) is 12.3 Å². The Morgan fingerprint density at radius 3 is 2.00 bits per heavy atom. The third-order valence-corrected chi connectivity index (χ3v) is 5.24. The summed E-state index contributed by atoms with van der Waals surface area (Å²) in [6, 6.07) is 3.51. The van der Waals surface area contributed by atoms with Gasteiger partial charge in [-0.3, -0.25) is 0 Å². The molecule has 7 heteroatoms. The van der Waals surface area contributed by atoms with Gasteiger partial charge in [0.2, 0.25) is 15.8 Å². The summed E-state index contributed by atoms with van der Waals surface area (Å²) in [6.07, 6.45) is 1.50. The van der Waals surface area contributed by atoms with Crippen LogP contribution in [0.5, 0.6) is 17.2 Å². The van der Waals surface area contributed by atoms with Crippen molar-refractivity contribution in [1.82, 2.24) is 4.31 Å². The summed E-state index contributed by atoms with van der Waals surface area (Å²) in [5, 5.41) is 0. The zero-order valence-electron chi connectivity index (χ0n) is 13.9. The molecule has 22 heavy (non-hydrogen) atoms. The Balaban J connectivity index is 3.03. The fourth-order valence-corrected chi connectivity index (χ4v) is 3.38. The Morgan fingerprint density at radius 1 is 1.05 bits per heavy atom. The second-order valence-corrected chi connectivity index (χ2v) is 7.15. The number of sulfonamides is 1. The number of nitrogens with zero attached hydrogens (tertiary/aromatic N) is 1. The molecule has 0 aliphatic heterocycles. The quantitative estimate of drug-likeness (QED) is 0.694. The van der Waals surface area contributed by atoms with E-state index in [1.807, 2.05) is 6.92 Å². The third-order valence-electron chi connectivity index (χ3n) is 3.36. The summed E-state index contributed by atoms with van der Waals surface area (Å²) < 4.78 is 41.5. The summed E-state index contributed by atoms with van der Waals surface area (Å²) in [5.74, 6) is 1.67. The lowest BCUT2D eigenvalue weighted by molar-refractivity contribution is 0.323. The van der Waals surface area contributed by atoms with Crippen molar-refractivity contribution < 1.29 is 22.6 Å². The van der Waals surface area contributed by atoms with Gasteiger partial charge in [-0.15, -0.1) is 0 Å². The van der Waals surface area contributed by atoms with E-state index in [2.05, 4.69) is 0 Å². The van der Waals surface area contributed by atoms with Crippen LogP contribution in [0.3, 0.4) is 0 Å². The standard InChI is InChI=1S/C15H25NO5S/c1-6-7-8-22(17,18)16(2)11-12-9-13(19-3)15(21-5)14(10-12)20-4/h9-10H,6-8,11H2,1-5H3. The van der Waals surface area contributed by atoms with Crippen LogP contribution in [0.15, 0.2) is 12.1 Å². The van der Waals surface area contributed by atoms with Gasteiger partial charge in [0.15, 0.2) is 11.5 Å². The van der Waals surface area contributed by atoms with Gasteiger partial charge in [-0.2, -0.15) is 0 Å². The number of benzene rings is 1. The maximum Gasteiger partial charge on any atom is 0.214 e. The summed E-state index contributed by atoms with van der Waals surface area (Å²) in [7, 11) is 2.91. The van der Waals surface area contributed by atoms with Gasteiger partial charge in [-0.1, -0.05) is 13.3 Å². The maximum absolute atomic E-state index is 12.2. The van der Waals surface area contributed by atoms with E-state index >= 15 is 0 Å². The molecule has 1 rings (SSSR count). The lowest BCUT2D eigenvalue weighted by Crippen LogP contribution is -2.28. The molecule has 0 bridgehead atoms. The SMILES string of the molecule is CCCCS(=O)(=O)N(C)Cc1cc(OC)c(OC)c(OC)c1. The number of unbranched alkanes of at least 4 members (excludes halogenated alkanes) is 1. The van der Waals surface area contributed by atoms with E-state index in [1.165, 1.54) is 25.6 Å². The molecule has 0 spiro atoms. The van der Waals surface area contributed by atoms with Gasteiger partial charge in [-0.05, 0) is 24.1 Å². The van der Waals surface area contributed by atoms with Crippen molar-refractivity contribution in [3.8, 4) is 17.2 Å². The molecular formula is C15H25NO5S. The molecular weight excluding hydrogens is 306 g/mol. The highest BCUT2D eigenvalue weighted by molar-refractivity contribution is 7.89. The largest absolute Gasteiger partial charge is 0.493 e. The second-order valence-electron chi connectivity index (χ2n) is 4.96. The molecule has 0 aromatic heterocycles. The van der Waals surface area contributed by atoms with E-state index in [4.69, 9.17) is 14.2 Å². The van der Waals surface area contributed by atoms with Crippen molar-refractivity contribution in [2.45, 2.75) is 26.3 Å². The number of rotatable bonds is 9. The molecule has 0 fully saturated rings. The zero-order valence-corrected chi connectivity index (χ0v) is 14.7. The molecule has 0 N–H and O–H groups in total. The van der Waals surface area contributed by atoms with Gasteiger partial charge in [0.1, 0.15) is 0 Å². The molecule has 0 amide bonds. The number of methoxy groups -OCH3 is 3. The summed E-state index contributed by atoms with van der Waals surface area (Å²) in [6.45, 7) is 2.22. The van der Waals surface area contributed by atoms with Crippen LogP contribution in [0.25, 0.3) is 0 Å². The van der Waals surface area contributed by atoms with Crippen molar-refractivity contribution in [2.75, 3.05) is 34.1 Å². The monoisotopic (exact) mass is 331 g/mol. The first-order valence-corrected chi connectivity index (χ1v) is 8.73. The summed E-state index contributed by atoms with van der Waals surface area (Å²) in [4.78, 5) is 0. The Hall–Kier alpha value is -1.47. The molecule has 0 saturated carbocycles. The highest BCUT2D eigenvalue weighted by Gasteiger charge is 2.19. The predicted molar refractivity (Wildman–Crippen MR) is 86.3 cm³/mol. The molecule has 6 nitrogen and oxygen atoms in total. The molecule has 0 aliphatic rings. The molecule has 1 aromatic carbocycles. The Bertz CT molecular complexity index is 561. The van der Waals surface area contributed by atoms with Gasteiger partial charge >= 0.3 is 0 Å². The normalized spacial score (nSPS) is 11.5. The van der Waals surface area contributed by atoms with Crippen molar-refractivity contribution in [3.05, 3.63) is 17.7 Å². The molecule has 0 radical (unpaired) electrons. The second kappa shape index (κ2) is 8.24. The highest BCUT2D eigenvalue weighted by atomic mass is 32.2. The number of hydrogen-bond acceptors (Lipinski definition) is 5. The molecule has 0 atom stereocenters. The van der Waals surface area contributed by atoms with Crippen LogP contribution in [0.1, 0.15) is 25.3 Å². The van der Waals surface area contributed by atoms with Crippen molar-refractivity contribution in [3.63, 3.8) is 0 Å². The van der Waals surface area contributed by atoms with E-state index in [1.54, 1.807) is 19.2 Å². The van der Waals surface area contributed by atoms with Gasteiger partial charge in [-0.25, -0.2) is 12.7 Å². The van der Waals surface area contributed by atoms with Crippen LogP contribution in [0, 0.1) is 0 Å². The average Bonchev–Trinajstić information content (AvgIpc) is 2.51. The van der Waals surface area contributed by atoms with Crippen LogP contribution in [0.4, 0.5) is 0 Å². The molecule has 1 aromatic rings. The number of hydrogen-bond donors (Lipinski definition) is 0. The van der Waals surface area contributed by atoms with Crippen LogP contribution < -0.4 is 14.2 Å². The van der Waals surface area contributed by atoms with Crippen LogP contribution in [-0.4, -0.2) is 46.9 Å². The van der Waals surface area contributed by atoms with E-state index in [0.717, 1.165) is 12.0 Å². The lowest BCUT2D eigenvalue weighted by Gasteiger charge is -2.19. The highest BCUT2D eigenvalue weighted by Crippen LogP contribution is 2.38. The van der Waals surface area contributed by atoms with E-state index in [0.29, 0.717) is 23.7 Å². The van der Waals surface area contributed by atoms with Crippen LogP contribution in [-0.2, 0) is 16.6 Å². The first-order chi connectivity index (χ1) is 10.4. The van der Waals surface area contributed by atoms with Crippen LogP contribution >= 0.6 is 0 Å². The maximum atomic E-state index is 12.2. The first-order valence-electron chi connectivity index (χ1n) is 7.12. The van der Waals surface area contributed by atoms with Crippen molar-refractivity contribution in [1.29, 1.82) is 0 Å². The predicted octanol–water partition coefficient (Wildman–Crippen LogP) is 2.27. The lowest BCUT2D eigenvalue weighted by atomic mass is 10.2. The minimum absolute atomic E-state index is 0.157. The minimum Gasteiger partial charge on any atom is -0.493 e. The summed E-state index contributed by atoms with van der Waals surface area (Å²) in [5.41, 5.74) is 0.775. The zero-order chi connectivity index (χ0) is 16.8. The summed E-state index contributed by atoms with van der Waals surface area (Å²) >= 11 is 0. The Labute approximate surface area is 133 Å². The Kier molecular flexibility index (Phi) is 6.96. The smallest absolute Gasteiger partial charge is 0.214 e. The molecule has 0 unspecified atom stereocenters. The van der Waals surface area contributed by atoms with Crippen LogP contribution in [0.2, 0.25) is 0 Å². The van der Waals surface area contributed by atoms with Gasteiger partial charge < -0.3 is 14.2 Å². The van der Waals surface area contributed by atoms with Crippen molar-refractivity contribution in [2.24, 2.45) is 0 Å². The van der Waals surface area contributed by atoms with Crippen molar-refractivity contribution >= 4 is 10.0 Å². The molecule has 126 valence electrons. The molecule has 0 saturated heterocycles. The third kappa shape index (κ3) is 4.51. The minimum atomic E-state index is -3.26. The van der Waals surface area contributed by atoms with Gasteiger partial charge in [0.05, 0.1) is 27.1 Å². The fraction of sp³-hybridized carbons (Fsp3) is 0.600. The van der Waals surface area contributed by atoms with Gasteiger partial charge in [0, 0.05) is 13.6 Å². The first kappa shape index (κ1) is 18.6. The van der Waals surface area contributed by atoms with E-state index in [9.17, 15) is 8.42 Å². The molecule has 0 aliphatic carbocycles. The Morgan fingerprint density at radius 2 is 1.59 bits per heavy atom. The molecule has 0 heterocycles. The topological polar surface area (TPSA) is 65.1 Å². The van der Waals surface area contributed by atoms with E-state index < -0.39 is 10.0 Å². The number of ether oxygens (including phenoxy) is 3. The average molecular weight is 331 g/mol.